The number of fused-ring (bicyclic) bond motifs is 1. The van der Waals surface area contributed by atoms with Crippen molar-refractivity contribution in [2.24, 2.45) is 0 Å². The summed E-state index contributed by atoms with van der Waals surface area (Å²) in [7, 11) is 0. The van der Waals surface area contributed by atoms with Gasteiger partial charge in [-0.3, -0.25) is 4.79 Å². The molecule has 0 spiro atoms. The van der Waals surface area contributed by atoms with Crippen LogP contribution in [0.2, 0.25) is 0 Å². The molecule has 1 aliphatic heterocycles. The van der Waals surface area contributed by atoms with Gasteiger partial charge in [-0.2, -0.15) is 0 Å². The number of benzene rings is 2. The van der Waals surface area contributed by atoms with E-state index in [9.17, 15) is 9.18 Å². The number of halogens is 1. The Morgan fingerprint density at radius 2 is 1.89 bits per heavy atom. The predicted molar refractivity (Wildman–Crippen MR) is 104 cm³/mol. The summed E-state index contributed by atoms with van der Waals surface area (Å²) in [6.45, 7) is 0.671. The Kier molecular flexibility index (Phi) is 5.32. The number of aryl methyl sites for hydroxylation is 1. The first-order valence-electron chi connectivity index (χ1n) is 9.40. The average Bonchev–Trinajstić information content (AvgIpc) is 2.96. The van der Waals surface area contributed by atoms with Gasteiger partial charge in [0.05, 0.1) is 0 Å². The second kappa shape index (κ2) is 8.21. The molecule has 144 valence electrons. The number of amides is 1. The van der Waals surface area contributed by atoms with E-state index in [0.717, 1.165) is 43.0 Å². The predicted octanol–water partition coefficient (Wildman–Crippen LogP) is 3.83. The summed E-state index contributed by atoms with van der Waals surface area (Å²) in [5, 5.41) is 11.4. The fourth-order valence-corrected chi connectivity index (χ4v) is 3.30. The Morgan fingerprint density at radius 3 is 2.71 bits per heavy atom. The fraction of sp³-hybridized carbons (Fsp3) is 0.286. The topological polar surface area (TPSA) is 69.0 Å². The SMILES string of the molecule is O=C(COc1ccccc1F)Nc1ccc(-c2nnc3n2CCCCC3)cc1. The lowest BCUT2D eigenvalue weighted by Crippen LogP contribution is -2.20. The maximum atomic E-state index is 13.5. The van der Waals surface area contributed by atoms with Crippen LogP contribution in [0.5, 0.6) is 5.75 Å². The van der Waals surface area contributed by atoms with Gasteiger partial charge in [0.1, 0.15) is 5.82 Å². The third-order valence-corrected chi connectivity index (χ3v) is 4.73. The largest absolute Gasteiger partial charge is 0.481 e. The number of hydrogen-bond acceptors (Lipinski definition) is 4. The van der Waals surface area contributed by atoms with E-state index in [2.05, 4.69) is 20.1 Å². The quantitative estimate of drug-likeness (QED) is 0.730. The minimum atomic E-state index is -0.493. The lowest BCUT2D eigenvalue weighted by molar-refractivity contribution is -0.118. The summed E-state index contributed by atoms with van der Waals surface area (Å²) < 4.78 is 20.9. The van der Waals surface area contributed by atoms with Crippen molar-refractivity contribution in [3.8, 4) is 17.1 Å². The van der Waals surface area contributed by atoms with Gasteiger partial charge in [-0.05, 0) is 49.2 Å². The lowest BCUT2D eigenvalue weighted by Gasteiger charge is -2.09. The smallest absolute Gasteiger partial charge is 0.262 e. The zero-order valence-corrected chi connectivity index (χ0v) is 15.4. The zero-order chi connectivity index (χ0) is 19.3. The van der Waals surface area contributed by atoms with Crippen LogP contribution in [0.25, 0.3) is 11.4 Å². The fourth-order valence-electron chi connectivity index (χ4n) is 3.30. The minimum absolute atomic E-state index is 0.0560. The number of ether oxygens (including phenoxy) is 1. The van der Waals surface area contributed by atoms with E-state index in [1.165, 1.54) is 18.6 Å². The van der Waals surface area contributed by atoms with Gasteiger partial charge in [0, 0.05) is 24.2 Å². The standard InChI is InChI=1S/C21H21FN4O2/c22-17-6-3-4-7-18(17)28-14-20(27)23-16-11-9-15(10-12-16)21-25-24-19-8-2-1-5-13-26(19)21/h3-4,6-7,9-12H,1-2,5,8,13-14H2,(H,23,27). The van der Waals surface area contributed by atoms with E-state index in [-0.39, 0.29) is 18.3 Å². The second-order valence-corrected chi connectivity index (χ2v) is 6.75. The van der Waals surface area contributed by atoms with Gasteiger partial charge in [0.15, 0.2) is 24.0 Å². The molecule has 0 saturated heterocycles. The van der Waals surface area contributed by atoms with Gasteiger partial charge < -0.3 is 14.6 Å². The number of para-hydroxylation sites is 1. The third-order valence-electron chi connectivity index (χ3n) is 4.73. The van der Waals surface area contributed by atoms with E-state index >= 15 is 0 Å². The summed E-state index contributed by atoms with van der Waals surface area (Å²) >= 11 is 0. The Bertz CT molecular complexity index is 969. The molecular weight excluding hydrogens is 359 g/mol. The normalized spacial score (nSPS) is 13.5. The molecule has 2 heterocycles. The van der Waals surface area contributed by atoms with Crippen LogP contribution in [0.1, 0.15) is 25.1 Å². The van der Waals surface area contributed by atoms with Gasteiger partial charge >= 0.3 is 0 Å². The number of nitrogens with zero attached hydrogens (tertiary/aromatic N) is 3. The van der Waals surface area contributed by atoms with Crippen molar-refractivity contribution in [1.82, 2.24) is 14.8 Å². The summed E-state index contributed by atoms with van der Waals surface area (Å²) in [5.74, 6) is 1.10. The van der Waals surface area contributed by atoms with Crippen LogP contribution in [0.15, 0.2) is 48.5 Å². The highest BCUT2D eigenvalue weighted by atomic mass is 19.1. The molecule has 7 heteroatoms. The van der Waals surface area contributed by atoms with Crippen LogP contribution in [-0.4, -0.2) is 27.3 Å². The molecule has 0 bridgehead atoms. The van der Waals surface area contributed by atoms with Crippen LogP contribution in [0, 0.1) is 5.82 Å². The van der Waals surface area contributed by atoms with Gasteiger partial charge in [0.25, 0.3) is 5.91 Å². The molecule has 6 nitrogen and oxygen atoms in total. The first kappa shape index (κ1) is 18.2. The van der Waals surface area contributed by atoms with Crippen LogP contribution in [-0.2, 0) is 17.8 Å². The number of rotatable bonds is 5. The molecule has 0 radical (unpaired) electrons. The number of carbonyl (C=O) groups excluding carboxylic acids is 1. The van der Waals surface area contributed by atoms with E-state index in [4.69, 9.17) is 4.74 Å². The van der Waals surface area contributed by atoms with Crippen molar-refractivity contribution >= 4 is 11.6 Å². The molecule has 28 heavy (non-hydrogen) atoms. The summed E-state index contributed by atoms with van der Waals surface area (Å²) in [4.78, 5) is 12.1. The van der Waals surface area contributed by atoms with E-state index < -0.39 is 5.82 Å². The molecule has 1 aliphatic rings. The van der Waals surface area contributed by atoms with E-state index in [1.807, 2.05) is 24.3 Å². The number of carbonyl (C=O) groups is 1. The van der Waals surface area contributed by atoms with E-state index in [0.29, 0.717) is 5.69 Å². The van der Waals surface area contributed by atoms with Crippen molar-refractivity contribution in [2.75, 3.05) is 11.9 Å². The summed E-state index contributed by atoms with van der Waals surface area (Å²) in [6.07, 6.45) is 4.46. The molecule has 1 aromatic heterocycles. The van der Waals surface area contributed by atoms with Crippen LogP contribution in [0.4, 0.5) is 10.1 Å². The van der Waals surface area contributed by atoms with Crippen molar-refractivity contribution in [3.63, 3.8) is 0 Å². The minimum Gasteiger partial charge on any atom is -0.481 e. The number of anilines is 1. The molecular formula is C21H21FN4O2. The van der Waals surface area contributed by atoms with Gasteiger partial charge in [-0.1, -0.05) is 18.6 Å². The number of aromatic nitrogens is 3. The maximum absolute atomic E-state index is 13.5. The van der Waals surface area contributed by atoms with Crippen molar-refractivity contribution < 1.29 is 13.9 Å². The Balaban J connectivity index is 1.39. The second-order valence-electron chi connectivity index (χ2n) is 6.75. The Morgan fingerprint density at radius 1 is 1.07 bits per heavy atom. The molecule has 0 aliphatic carbocycles. The van der Waals surface area contributed by atoms with Crippen LogP contribution in [0.3, 0.4) is 0 Å². The molecule has 3 aromatic rings. The lowest BCUT2D eigenvalue weighted by atomic mass is 10.2. The first-order valence-corrected chi connectivity index (χ1v) is 9.40. The highest BCUT2D eigenvalue weighted by Gasteiger charge is 2.16. The van der Waals surface area contributed by atoms with Crippen molar-refractivity contribution in [3.05, 3.63) is 60.2 Å². The van der Waals surface area contributed by atoms with E-state index in [1.54, 1.807) is 12.1 Å². The Labute approximate surface area is 162 Å². The molecule has 0 atom stereocenters. The zero-order valence-electron chi connectivity index (χ0n) is 15.4. The van der Waals surface area contributed by atoms with Crippen LogP contribution >= 0.6 is 0 Å². The Hall–Kier alpha value is -3.22. The van der Waals surface area contributed by atoms with Gasteiger partial charge in [-0.15, -0.1) is 10.2 Å². The van der Waals surface area contributed by atoms with Gasteiger partial charge in [0.2, 0.25) is 0 Å². The third kappa shape index (κ3) is 4.03. The molecule has 1 N–H and O–H groups in total. The highest BCUT2D eigenvalue weighted by molar-refractivity contribution is 5.92. The molecule has 1 amide bonds. The molecule has 0 unspecified atom stereocenters. The number of hydrogen-bond donors (Lipinski definition) is 1. The van der Waals surface area contributed by atoms with Crippen molar-refractivity contribution in [2.45, 2.75) is 32.2 Å². The monoisotopic (exact) mass is 380 g/mol. The maximum Gasteiger partial charge on any atom is 0.262 e. The summed E-state index contributed by atoms with van der Waals surface area (Å²) in [5.41, 5.74) is 1.60. The number of nitrogens with one attached hydrogen (secondary N) is 1. The first-order chi connectivity index (χ1) is 13.7. The summed E-state index contributed by atoms with van der Waals surface area (Å²) in [6, 6.07) is 13.4. The molecule has 0 fully saturated rings. The average molecular weight is 380 g/mol. The molecule has 0 saturated carbocycles. The van der Waals surface area contributed by atoms with Crippen LogP contribution < -0.4 is 10.1 Å². The van der Waals surface area contributed by atoms with Crippen molar-refractivity contribution in [1.29, 1.82) is 0 Å². The molecule has 2 aromatic carbocycles. The molecule has 4 rings (SSSR count). The van der Waals surface area contributed by atoms with Gasteiger partial charge in [-0.25, -0.2) is 4.39 Å². The highest BCUT2D eigenvalue weighted by Crippen LogP contribution is 2.24.